The van der Waals surface area contributed by atoms with Gasteiger partial charge in [-0.2, -0.15) is 0 Å². The van der Waals surface area contributed by atoms with Crippen LogP contribution in [0, 0.1) is 6.92 Å². The van der Waals surface area contributed by atoms with Crippen molar-refractivity contribution in [2.45, 2.75) is 13.8 Å². The number of carbonyl (C=O) groups is 2. The molecule has 3 amide bonds. The average Bonchev–Trinajstić information content (AvgIpc) is 2.51. The highest BCUT2D eigenvalue weighted by molar-refractivity contribution is 9.10. The lowest BCUT2D eigenvalue weighted by Crippen LogP contribution is -2.51. The number of hydrogen-bond donors (Lipinski definition) is 1. The number of piperazine rings is 1. The van der Waals surface area contributed by atoms with E-state index in [2.05, 4.69) is 21.2 Å². The summed E-state index contributed by atoms with van der Waals surface area (Å²) < 4.78 is 5.88. The molecule has 120 valence electrons. The Morgan fingerprint density at radius 1 is 1.23 bits per heavy atom. The zero-order valence-corrected chi connectivity index (χ0v) is 14.4. The van der Waals surface area contributed by atoms with Gasteiger partial charge in [0, 0.05) is 36.3 Å². The van der Waals surface area contributed by atoms with Crippen molar-refractivity contribution in [2.24, 2.45) is 0 Å². The first-order chi connectivity index (χ1) is 10.5. The minimum Gasteiger partial charge on any atom is -0.450 e. The van der Waals surface area contributed by atoms with Crippen LogP contribution >= 0.6 is 15.9 Å². The van der Waals surface area contributed by atoms with Crippen molar-refractivity contribution >= 4 is 33.7 Å². The van der Waals surface area contributed by atoms with Gasteiger partial charge in [-0.1, -0.05) is 22.0 Å². The quantitative estimate of drug-likeness (QED) is 0.871. The number of aryl methyl sites for hydroxylation is 1. The maximum Gasteiger partial charge on any atom is 0.409 e. The third-order valence-corrected chi connectivity index (χ3v) is 4.03. The molecule has 22 heavy (non-hydrogen) atoms. The summed E-state index contributed by atoms with van der Waals surface area (Å²) in [7, 11) is 0. The summed E-state index contributed by atoms with van der Waals surface area (Å²) in [6, 6.07) is 5.61. The van der Waals surface area contributed by atoms with E-state index in [1.165, 1.54) is 0 Å². The number of urea groups is 1. The molecule has 2 rings (SSSR count). The molecule has 0 atom stereocenters. The summed E-state index contributed by atoms with van der Waals surface area (Å²) in [5, 5.41) is 2.91. The lowest BCUT2D eigenvalue weighted by molar-refractivity contribution is 0.0868. The lowest BCUT2D eigenvalue weighted by Gasteiger charge is -2.34. The summed E-state index contributed by atoms with van der Waals surface area (Å²) in [4.78, 5) is 27.3. The van der Waals surface area contributed by atoms with E-state index in [0.717, 1.165) is 15.7 Å². The molecule has 1 aromatic carbocycles. The standard InChI is InChI=1S/C15H20BrN3O3/c1-3-22-15(21)19-8-6-18(7-9-19)14(20)17-13-10-12(16)5-4-11(13)2/h4-5,10H,3,6-9H2,1-2H3,(H,17,20). The van der Waals surface area contributed by atoms with Crippen molar-refractivity contribution < 1.29 is 14.3 Å². The van der Waals surface area contributed by atoms with E-state index in [1.807, 2.05) is 25.1 Å². The second-order valence-electron chi connectivity index (χ2n) is 5.06. The van der Waals surface area contributed by atoms with Gasteiger partial charge < -0.3 is 19.9 Å². The predicted octanol–water partition coefficient (Wildman–Crippen LogP) is 3.06. The fourth-order valence-electron chi connectivity index (χ4n) is 2.23. The number of halogens is 1. The van der Waals surface area contributed by atoms with E-state index in [-0.39, 0.29) is 12.1 Å². The van der Waals surface area contributed by atoms with Crippen LogP contribution in [0.2, 0.25) is 0 Å². The number of nitrogens with zero attached hydrogens (tertiary/aromatic N) is 2. The predicted molar refractivity (Wildman–Crippen MR) is 88.1 cm³/mol. The Bertz CT molecular complexity index is 557. The molecule has 1 aliphatic rings. The van der Waals surface area contributed by atoms with Gasteiger partial charge >= 0.3 is 12.1 Å². The highest BCUT2D eigenvalue weighted by atomic mass is 79.9. The Hall–Kier alpha value is -1.76. The van der Waals surface area contributed by atoms with Crippen LogP contribution in [0.4, 0.5) is 15.3 Å². The van der Waals surface area contributed by atoms with Crippen molar-refractivity contribution in [3.05, 3.63) is 28.2 Å². The second kappa shape index (κ2) is 7.49. The Balaban J connectivity index is 1.90. The summed E-state index contributed by atoms with van der Waals surface area (Å²) in [5.74, 6) is 0. The molecule has 0 aromatic heterocycles. The number of anilines is 1. The van der Waals surface area contributed by atoms with E-state index in [0.29, 0.717) is 32.8 Å². The van der Waals surface area contributed by atoms with Crippen molar-refractivity contribution in [2.75, 3.05) is 38.1 Å². The van der Waals surface area contributed by atoms with Crippen molar-refractivity contribution in [1.29, 1.82) is 0 Å². The van der Waals surface area contributed by atoms with Gasteiger partial charge in [-0.05, 0) is 31.5 Å². The van der Waals surface area contributed by atoms with Gasteiger partial charge in [-0.3, -0.25) is 0 Å². The maximum atomic E-state index is 12.3. The molecular formula is C15H20BrN3O3. The monoisotopic (exact) mass is 369 g/mol. The first-order valence-corrected chi connectivity index (χ1v) is 8.04. The SMILES string of the molecule is CCOC(=O)N1CCN(C(=O)Nc2cc(Br)ccc2C)CC1. The van der Waals surface area contributed by atoms with Crippen molar-refractivity contribution in [1.82, 2.24) is 9.80 Å². The number of hydrogen-bond acceptors (Lipinski definition) is 3. The molecule has 0 bridgehead atoms. The highest BCUT2D eigenvalue weighted by Crippen LogP contribution is 2.21. The van der Waals surface area contributed by atoms with Crippen LogP contribution in [0.1, 0.15) is 12.5 Å². The smallest absolute Gasteiger partial charge is 0.409 e. The van der Waals surface area contributed by atoms with Crippen molar-refractivity contribution in [3.63, 3.8) is 0 Å². The van der Waals surface area contributed by atoms with Gasteiger partial charge in [0.15, 0.2) is 0 Å². The van der Waals surface area contributed by atoms with Crippen LogP contribution in [0.3, 0.4) is 0 Å². The van der Waals surface area contributed by atoms with Crippen LogP contribution in [-0.2, 0) is 4.74 Å². The molecular weight excluding hydrogens is 350 g/mol. The first-order valence-electron chi connectivity index (χ1n) is 7.25. The zero-order valence-electron chi connectivity index (χ0n) is 12.8. The second-order valence-corrected chi connectivity index (χ2v) is 5.98. The molecule has 1 aliphatic heterocycles. The zero-order chi connectivity index (χ0) is 16.1. The van der Waals surface area contributed by atoms with Gasteiger partial charge in [0.2, 0.25) is 0 Å². The number of amides is 3. The third-order valence-electron chi connectivity index (χ3n) is 3.53. The van der Waals surface area contributed by atoms with Crippen LogP contribution in [-0.4, -0.2) is 54.7 Å². The van der Waals surface area contributed by atoms with Gasteiger partial charge in [0.25, 0.3) is 0 Å². The molecule has 1 N–H and O–H groups in total. The normalized spacial score (nSPS) is 14.7. The highest BCUT2D eigenvalue weighted by Gasteiger charge is 2.25. The van der Waals surface area contributed by atoms with E-state index < -0.39 is 0 Å². The van der Waals surface area contributed by atoms with Gasteiger partial charge in [-0.15, -0.1) is 0 Å². The van der Waals surface area contributed by atoms with Gasteiger partial charge in [0.1, 0.15) is 0 Å². The Labute approximate surface area is 138 Å². The molecule has 1 aromatic rings. The summed E-state index contributed by atoms with van der Waals surface area (Å²) in [6.45, 7) is 6.06. The Morgan fingerprint density at radius 3 is 2.50 bits per heavy atom. The number of nitrogens with one attached hydrogen (secondary N) is 1. The van der Waals surface area contributed by atoms with E-state index in [9.17, 15) is 9.59 Å². The van der Waals surface area contributed by atoms with Crippen LogP contribution in [0.15, 0.2) is 22.7 Å². The molecule has 1 saturated heterocycles. The van der Waals surface area contributed by atoms with Gasteiger partial charge in [-0.25, -0.2) is 9.59 Å². The van der Waals surface area contributed by atoms with Crippen LogP contribution < -0.4 is 5.32 Å². The first kappa shape index (κ1) is 16.6. The largest absolute Gasteiger partial charge is 0.450 e. The molecule has 0 radical (unpaired) electrons. The number of rotatable bonds is 2. The van der Waals surface area contributed by atoms with Crippen molar-refractivity contribution in [3.8, 4) is 0 Å². The average molecular weight is 370 g/mol. The minimum absolute atomic E-state index is 0.148. The Kier molecular flexibility index (Phi) is 5.65. The summed E-state index contributed by atoms with van der Waals surface area (Å²) in [5.41, 5.74) is 1.79. The fourth-order valence-corrected chi connectivity index (χ4v) is 2.59. The summed E-state index contributed by atoms with van der Waals surface area (Å²) in [6.07, 6.45) is -0.314. The third kappa shape index (κ3) is 4.13. The topological polar surface area (TPSA) is 61.9 Å². The molecule has 0 saturated carbocycles. The molecule has 1 heterocycles. The van der Waals surface area contributed by atoms with Gasteiger partial charge in [0.05, 0.1) is 6.61 Å². The molecule has 0 unspecified atom stereocenters. The molecule has 1 fully saturated rings. The molecule has 6 nitrogen and oxygen atoms in total. The molecule has 0 spiro atoms. The van der Waals surface area contributed by atoms with Crippen LogP contribution in [0.25, 0.3) is 0 Å². The molecule has 7 heteroatoms. The molecule has 0 aliphatic carbocycles. The minimum atomic E-state index is -0.314. The van der Waals surface area contributed by atoms with E-state index in [1.54, 1.807) is 16.7 Å². The maximum absolute atomic E-state index is 12.3. The number of carbonyl (C=O) groups excluding carboxylic acids is 2. The van der Waals surface area contributed by atoms with Crippen LogP contribution in [0.5, 0.6) is 0 Å². The number of benzene rings is 1. The number of ether oxygens (including phenoxy) is 1. The van der Waals surface area contributed by atoms with E-state index in [4.69, 9.17) is 4.74 Å². The fraction of sp³-hybridized carbons (Fsp3) is 0.467. The lowest BCUT2D eigenvalue weighted by atomic mass is 10.2. The van der Waals surface area contributed by atoms with E-state index >= 15 is 0 Å². The summed E-state index contributed by atoms with van der Waals surface area (Å²) >= 11 is 3.40. The Morgan fingerprint density at radius 2 is 1.86 bits per heavy atom.